The zero-order valence-corrected chi connectivity index (χ0v) is 34.6. The minimum absolute atomic E-state index is 0.112. The van der Waals surface area contributed by atoms with E-state index in [-0.39, 0.29) is 32.0 Å². The molecule has 0 aliphatic heterocycles. The molecule has 0 amide bonds. The third-order valence-electron chi connectivity index (χ3n) is 8.12. The number of carbonyl (C=O) groups is 3. The Morgan fingerprint density at radius 1 is 0.418 bits per heavy atom. The predicted molar refractivity (Wildman–Crippen MR) is 233 cm³/mol. The van der Waals surface area contributed by atoms with Crippen molar-refractivity contribution in [3.8, 4) is 0 Å². The Kier molecular flexibility index (Phi) is 39.3. The summed E-state index contributed by atoms with van der Waals surface area (Å²) in [6.07, 6.45) is 57.9. The van der Waals surface area contributed by atoms with E-state index in [4.69, 9.17) is 14.2 Å². The van der Waals surface area contributed by atoms with E-state index in [1.54, 1.807) is 6.08 Å². The van der Waals surface area contributed by atoms with Crippen molar-refractivity contribution in [1.29, 1.82) is 0 Å². The molecule has 0 saturated heterocycles. The molecule has 0 aliphatic carbocycles. The maximum absolute atomic E-state index is 12.6. The van der Waals surface area contributed by atoms with Gasteiger partial charge in [0.1, 0.15) is 13.2 Å². The third-order valence-corrected chi connectivity index (χ3v) is 8.12. The monoisotopic (exact) mass is 759 g/mol. The summed E-state index contributed by atoms with van der Waals surface area (Å²) in [6, 6.07) is 0. The fourth-order valence-corrected chi connectivity index (χ4v) is 4.99. The van der Waals surface area contributed by atoms with Gasteiger partial charge < -0.3 is 14.2 Å². The molecule has 0 rings (SSSR count). The lowest BCUT2D eigenvalue weighted by Crippen LogP contribution is -2.30. The molecule has 1 atom stereocenters. The van der Waals surface area contributed by atoms with Crippen molar-refractivity contribution in [3.05, 3.63) is 122 Å². The number of esters is 3. The molecule has 0 fully saturated rings. The summed E-state index contributed by atoms with van der Waals surface area (Å²) in [5.41, 5.74) is 0. The summed E-state index contributed by atoms with van der Waals surface area (Å²) >= 11 is 0. The highest BCUT2D eigenvalue weighted by molar-refractivity contribution is 5.72. The van der Waals surface area contributed by atoms with Crippen LogP contribution in [-0.4, -0.2) is 37.2 Å². The topological polar surface area (TPSA) is 78.9 Å². The van der Waals surface area contributed by atoms with Gasteiger partial charge >= 0.3 is 17.9 Å². The average molecular weight is 759 g/mol. The molecule has 0 heterocycles. The second-order valence-electron chi connectivity index (χ2n) is 13.3. The van der Waals surface area contributed by atoms with E-state index in [1.165, 1.54) is 32.1 Å². The smallest absolute Gasteiger partial charge is 0.309 e. The SMILES string of the molecule is CC\C=C/C=C\C=C/C=C\C=C/CCCC(=O)OC(COC(=O)C/C=C\C/C=C\C/C=C\CC)COC(=O)CCCCCCCC/C=C\C=C/CCCCC. The van der Waals surface area contributed by atoms with Crippen molar-refractivity contribution >= 4 is 17.9 Å². The van der Waals surface area contributed by atoms with Gasteiger partial charge in [0.2, 0.25) is 0 Å². The standard InChI is InChI=1S/C49H74O6/c1-4-7-10-13-16-19-21-23-24-26-27-30-33-36-39-42-48(51)54-45-46(44-53-47(50)41-38-35-32-29-18-15-12-9-6-3)55-49(52)43-40-37-34-31-28-25-22-20-17-14-11-8-5-2/h8-9,11-12,14,16-23,25,28-29,31,34-35,38,46H,4-7,10,13,15,24,26-27,30,32-33,36-37,39-45H2,1-3H3/b11-8-,12-9-,17-14-,19-16-,22-20-,23-21-,28-25-,29-18-,34-31-,38-35-. The molecule has 6 heteroatoms. The molecule has 0 aliphatic rings. The number of carbonyl (C=O) groups excluding carboxylic acids is 3. The first-order chi connectivity index (χ1) is 27.0. The molecule has 0 bridgehead atoms. The van der Waals surface area contributed by atoms with Crippen LogP contribution in [0.2, 0.25) is 0 Å². The Bertz CT molecular complexity index is 1240. The quantitative estimate of drug-likeness (QED) is 0.0210. The number of hydrogen-bond donors (Lipinski definition) is 0. The molecule has 0 aromatic heterocycles. The fourth-order valence-electron chi connectivity index (χ4n) is 4.99. The lowest BCUT2D eigenvalue weighted by molar-refractivity contribution is -0.166. The van der Waals surface area contributed by atoms with E-state index in [9.17, 15) is 14.4 Å². The lowest BCUT2D eigenvalue weighted by Gasteiger charge is -2.18. The maximum Gasteiger partial charge on any atom is 0.309 e. The van der Waals surface area contributed by atoms with E-state index in [2.05, 4.69) is 75.5 Å². The number of rotatable bonds is 35. The first-order valence-corrected chi connectivity index (χ1v) is 21.1. The summed E-state index contributed by atoms with van der Waals surface area (Å²) in [4.78, 5) is 37.5. The first kappa shape index (κ1) is 50.8. The van der Waals surface area contributed by atoms with Crippen molar-refractivity contribution in [2.75, 3.05) is 13.2 Å². The van der Waals surface area contributed by atoms with Gasteiger partial charge in [-0.15, -0.1) is 0 Å². The van der Waals surface area contributed by atoms with Crippen LogP contribution in [-0.2, 0) is 28.6 Å². The second kappa shape index (κ2) is 42.6. The van der Waals surface area contributed by atoms with E-state index in [1.807, 2.05) is 60.8 Å². The van der Waals surface area contributed by atoms with Gasteiger partial charge in [-0.05, 0) is 70.6 Å². The molecule has 0 aromatic carbocycles. The van der Waals surface area contributed by atoms with Crippen LogP contribution in [0.4, 0.5) is 0 Å². The highest BCUT2D eigenvalue weighted by Crippen LogP contribution is 2.11. The molecule has 306 valence electrons. The van der Waals surface area contributed by atoms with Crippen molar-refractivity contribution in [1.82, 2.24) is 0 Å². The molecule has 0 radical (unpaired) electrons. The Hall–Kier alpha value is -4.19. The summed E-state index contributed by atoms with van der Waals surface area (Å²) in [5.74, 6) is -1.18. The highest BCUT2D eigenvalue weighted by atomic mass is 16.6. The zero-order valence-electron chi connectivity index (χ0n) is 34.6. The fraction of sp³-hybridized carbons (Fsp3) is 0.531. The molecule has 0 saturated carbocycles. The summed E-state index contributed by atoms with van der Waals surface area (Å²) in [6.45, 7) is 6.12. The van der Waals surface area contributed by atoms with Gasteiger partial charge in [-0.3, -0.25) is 14.4 Å². The van der Waals surface area contributed by atoms with Gasteiger partial charge in [-0.25, -0.2) is 0 Å². The van der Waals surface area contributed by atoms with E-state index >= 15 is 0 Å². The summed E-state index contributed by atoms with van der Waals surface area (Å²) in [7, 11) is 0. The van der Waals surface area contributed by atoms with Crippen LogP contribution in [0.1, 0.15) is 149 Å². The Morgan fingerprint density at radius 2 is 0.873 bits per heavy atom. The van der Waals surface area contributed by atoms with Crippen molar-refractivity contribution < 1.29 is 28.6 Å². The number of ether oxygens (including phenoxy) is 3. The molecule has 55 heavy (non-hydrogen) atoms. The van der Waals surface area contributed by atoms with Crippen LogP contribution in [0.3, 0.4) is 0 Å². The summed E-state index contributed by atoms with van der Waals surface area (Å²) < 4.78 is 16.5. The van der Waals surface area contributed by atoms with Crippen LogP contribution >= 0.6 is 0 Å². The van der Waals surface area contributed by atoms with Crippen LogP contribution in [0.15, 0.2) is 122 Å². The van der Waals surface area contributed by atoms with Gasteiger partial charge in [0.15, 0.2) is 6.10 Å². The highest BCUT2D eigenvalue weighted by Gasteiger charge is 2.19. The van der Waals surface area contributed by atoms with Crippen LogP contribution in [0.25, 0.3) is 0 Å². The Morgan fingerprint density at radius 3 is 1.49 bits per heavy atom. The first-order valence-electron chi connectivity index (χ1n) is 21.1. The van der Waals surface area contributed by atoms with E-state index in [0.29, 0.717) is 19.3 Å². The molecule has 0 aromatic rings. The normalized spacial score (nSPS) is 13.3. The van der Waals surface area contributed by atoms with Gasteiger partial charge in [0.05, 0.1) is 6.42 Å². The number of unbranched alkanes of at least 4 members (excludes halogenated alkanes) is 10. The largest absolute Gasteiger partial charge is 0.462 e. The minimum Gasteiger partial charge on any atom is -0.462 e. The third kappa shape index (κ3) is 40.8. The Labute approximate surface area is 335 Å². The van der Waals surface area contributed by atoms with Gasteiger partial charge in [0.25, 0.3) is 0 Å². The van der Waals surface area contributed by atoms with Gasteiger partial charge in [-0.1, -0.05) is 181 Å². The van der Waals surface area contributed by atoms with Crippen molar-refractivity contribution in [2.24, 2.45) is 0 Å². The molecular formula is C49H74O6. The summed E-state index contributed by atoms with van der Waals surface area (Å²) in [5, 5.41) is 0. The molecule has 1 unspecified atom stereocenters. The predicted octanol–water partition coefficient (Wildman–Crippen LogP) is 13.4. The van der Waals surface area contributed by atoms with E-state index in [0.717, 1.165) is 64.2 Å². The van der Waals surface area contributed by atoms with E-state index < -0.39 is 18.0 Å². The second-order valence-corrected chi connectivity index (χ2v) is 13.3. The molecule has 0 N–H and O–H groups in total. The maximum atomic E-state index is 12.6. The van der Waals surface area contributed by atoms with Crippen molar-refractivity contribution in [3.63, 3.8) is 0 Å². The van der Waals surface area contributed by atoms with Crippen LogP contribution in [0, 0.1) is 0 Å². The number of allylic oxidation sites excluding steroid dienone is 19. The molecule has 0 spiro atoms. The number of hydrogen-bond acceptors (Lipinski definition) is 6. The Balaban J connectivity index is 4.60. The van der Waals surface area contributed by atoms with Crippen molar-refractivity contribution in [2.45, 2.75) is 155 Å². The van der Waals surface area contributed by atoms with Gasteiger partial charge in [0, 0.05) is 12.8 Å². The molecule has 6 nitrogen and oxygen atoms in total. The average Bonchev–Trinajstić information content (AvgIpc) is 3.18. The minimum atomic E-state index is -0.856. The lowest BCUT2D eigenvalue weighted by atomic mass is 10.1. The zero-order chi connectivity index (χ0) is 40.1. The van der Waals surface area contributed by atoms with Crippen LogP contribution in [0.5, 0.6) is 0 Å². The molecular weight excluding hydrogens is 685 g/mol. The van der Waals surface area contributed by atoms with Crippen LogP contribution < -0.4 is 0 Å². The van der Waals surface area contributed by atoms with Gasteiger partial charge in [-0.2, -0.15) is 0 Å².